The van der Waals surface area contributed by atoms with E-state index in [0.29, 0.717) is 6.54 Å². The van der Waals surface area contributed by atoms with Crippen molar-refractivity contribution in [2.24, 2.45) is 0 Å². The number of amides is 1. The molecule has 0 aliphatic carbocycles. The molecule has 0 bridgehead atoms. The van der Waals surface area contributed by atoms with Gasteiger partial charge in [0.1, 0.15) is 5.75 Å². The van der Waals surface area contributed by atoms with Crippen LogP contribution in [0, 0.1) is 6.92 Å². The van der Waals surface area contributed by atoms with Crippen LogP contribution in [0.1, 0.15) is 29.5 Å². The Bertz CT molecular complexity index is 744. The summed E-state index contributed by atoms with van der Waals surface area (Å²) in [6, 6.07) is 16.5. The predicted octanol–water partition coefficient (Wildman–Crippen LogP) is 3.33. The highest BCUT2D eigenvalue weighted by molar-refractivity contribution is 5.82. The Morgan fingerprint density at radius 2 is 2.08 bits per heavy atom. The topological polar surface area (TPSA) is 41.6 Å². The number of carbonyl (C=O) groups is 1. The Hall–Kier alpha value is -2.33. The van der Waals surface area contributed by atoms with Gasteiger partial charge in [-0.1, -0.05) is 48.0 Å². The normalized spacial score (nSPS) is 17.2. The Morgan fingerprint density at radius 3 is 2.88 bits per heavy atom. The van der Waals surface area contributed by atoms with Gasteiger partial charge in [-0.05, 0) is 49.9 Å². The maximum atomic E-state index is 12.7. The zero-order valence-electron chi connectivity index (χ0n) is 15.7. The first-order valence-corrected chi connectivity index (χ1v) is 9.36. The molecular weight excluding hydrogens is 324 g/mol. The van der Waals surface area contributed by atoms with Crippen molar-refractivity contribution in [1.29, 1.82) is 0 Å². The lowest BCUT2D eigenvalue weighted by Crippen LogP contribution is -2.43. The molecule has 0 radical (unpaired) electrons. The fraction of sp³-hybridized carbons (Fsp3) is 0.409. The van der Waals surface area contributed by atoms with Crippen LogP contribution in [-0.2, 0) is 17.8 Å². The molecule has 138 valence electrons. The van der Waals surface area contributed by atoms with Crippen LogP contribution < -0.4 is 10.1 Å². The maximum Gasteiger partial charge on any atom is 0.237 e. The molecule has 1 amide bonds. The van der Waals surface area contributed by atoms with E-state index in [1.807, 2.05) is 24.3 Å². The smallest absolute Gasteiger partial charge is 0.237 e. The standard InChI is InChI=1S/C22H28N2O2/c1-17-7-5-8-18(15-17)16-24-14-6-10-20(24)22(25)23-13-12-19-9-3-4-11-21(19)26-2/h3-5,7-9,11,15,20H,6,10,12-14,16H2,1-2H3,(H,23,25). The van der Waals surface area contributed by atoms with Crippen molar-refractivity contribution in [3.8, 4) is 5.75 Å². The Morgan fingerprint density at radius 1 is 1.23 bits per heavy atom. The first-order valence-electron chi connectivity index (χ1n) is 9.36. The molecule has 1 unspecified atom stereocenters. The fourth-order valence-electron chi connectivity index (χ4n) is 3.70. The number of ether oxygens (including phenoxy) is 1. The second-order valence-electron chi connectivity index (χ2n) is 6.97. The van der Waals surface area contributed by atoms with Gasteiger partial charge in [-0.15, -0.1) is 0 Å². The number of carbonyl (C=O) groups excluding carboxylic acids is 1. The maximum absolute atomic E-state index is 12.7. The second-order valence-corrected chi connectivity index (χ2v) is 6.97. The van der Waals surface area contributed by atoms with Gasteiger partial charge in [-0.2, -0.15) is 0 Å². The van der Waals surface area contributed by atoms with Crippen LogP contribution in [0.3, 0.4) is 0 Å². The molecule has 2 aromatic rings. The first-order chi connectivity index (χ1) is 12.7. The molecular formula is C22H28N2O2. The van der Waals surface area contributed by atoms with Crippen molar-refractivity contribution >= 4 is 5.91 Å². The minimum Gasteiger partial charge on any atom is -0.496 e. The zero-order chi connectivity index (χ0) is 18.4. The van der Waals surface area contributed by atoms with Gasteiger partial charge in [0.2, 0.25) is 5.91 Å². The lowest BCUT2D eigenvalue weighted by atomic mass is 10.1. The molecule has 4 nitrogen and oxygen atoms in total. The summed E-state index contributed by atoms with van der Waals surface area (Å²) in [5, 5.41) is 3.12. The van der Waals surface area contributed by atoms with Gasteiger partial charge >= 0.3 is 0 Å². The molecule has 4 heteroatoms. The van der Waals surface area contributed by atoms with Crippen molar-refractivity contribution in [3.63, 3.8) is 0 Å². The average molecular weight is 352 g/mol. The minimum atomic E-state index is -0.0202. The summed E-state index contributed by atoms with van der Waals surface area (Å²) in [5.74, 6) is 1.02. The predicted molar refractivity (Wildman–Crippen MR) is 104 cm³/mol. The first kappa shape index (κ1) is 18.5. The molecule has 1 fully saturated rings. The number of para-hydroxylation sites is 1. The highest BCUT2D eigenvalue weighted by Crippen LogP contribution is 2.21. The third kappa shape index (κ3) is 4.64. The van der Waals surface area contributed by atoms with E-state index in [1.165, 1.54) is 11.1 Å². The van der Waals surface area contributed by atoms with Gasteiger partial charge in [0.05, 0.1) is 13.2 Å². The fourth-order valence-corrected chi connectivity index (χ4v) is 3.70. The molecule has 1 N–H and O–H groups in total. The summed E-state index contributed by atoms with van der Waals surface area (Å²) in [5.41, 5.74) is 3.66. The van der Waals surface area contributed by atoms with Gasteiger partial charge in [0.15, 0.2) is 0 Å². The number of rotatable bonds is 7. The van der Waals surface area contributed by atoms with Crippen molar-refractivity contribution < 1.29 is 9.53 Å². The van der Waals surface area contributed by atoms with Crippen LogP contribution in [0.2, 0.25) is 0 Å². The highest BCUT2D eigenvalue weighted by Gasteiger charge is 2.30. The van der Waals surface area contributed by atoms with Crippen LogP contribution in [-0.4, -0.2) is 37.0 Å². The Balaban J connectivity index is 1.53. The SMILES string of the molecule is COc1ccccc1CCNC(=O)C1CCCN1Cc1cccc(C)c1. The lowest BCUT2D eigenvalue weighted by Gasteiger charge is -2.24. The molecule has 1 heterocycles. The number of aryl methyl sites for hydroxylation is 1. The van der Waals surface area contributed by atoms with E-state index in [9.17, 15) is 4.79 Å². The third-order valence-electron chi connectivity index (χ3n) is 5.02. The summed E-state index contributed by atoms with van der Waals surface area (Å²) >= 11 is 0. The summed E-state index contributed by atoms with van der Waals surface area (Å²) in [4.78, 5) is 15.0. The van der Waals surface area contributed by atoms with E-state index in [1.54, 1.807) is 7.11 Å². The van der Waals surface area contributed by atoms with Gasteiger partial charge in [-0.25, -0.2) is 0 Å². The summed E-state index contributed by atoms with van der Waals surface area (Å²) in [6.45, 7) is 4.56. The number of hydrogen-bond donors (Lipinski definition) is 1. The molecule has 3 rings (SSSR count). The van der Waals surface area contributed by atoms with E-state index in [4.69, 9.17) is 4.74 Å². The summed E-state index contributed by atoms with van der Waals surface area (Å²) in [7, 11) is 1.68. The molecule has 0 spiro atoms. The van der Waals surface area contributed by atoms with E-state index < -0.39 is 0 Å². The molecule has 0 aromatic heterocycles. The van der Waals surface area contributed by atoms with Crippen LogP contribution in [0.5, 0.6) is 5.75 Å². The number of methoxy groups -OCH3 is 1. The van der Waals surface area contributed by atoms with Crippen LogP contribution in [0.4, 0.5) is 0 Å². The molecule has 1 aliphatic rings. The Labute approximate surface area is 156 Å². The van der Waals surface area contributed by atoms with Crippen molar-refractivity contribution in [1.82, 2.24) is 10.2 Å². The van der Waals surface area contributed by atoms with Crippen LogP contribution in [0.15, 0.2) is 48.5 Å². The third-order valence-corrected chi connectivity index (χ3v) is 5.02. The highest BCUT2D eigenvalue weighted by atomic mass is 16.5. The van der Waals surface area contributed by atoms with E-state index >= 15 is 0 Å². The van der Waals surface area contributed by atoms with Crippen LogP contribution >= 0.6 is 0 Å². The molecule has 2 aromatic carbocycles. The molecule has 26 heavy (non-hydrogen) atoms. The van der Waals surface area contributed by atoms with Crippen molar-refractivity contribution in [2.75, 3.05) is 20.2 Å². The average Bonchev–Trinajstić information content (AvgIpc) is 3.10. The number of hydrogen-bond acceptors (Lipinski definition) is 3. The van der Waals surface area contributed by atoms with Crippen molar-refractivity contribution in [2.45, 2.75) is 38.8 Å². The monoisotopic (exact) mass is 352 g/mol. The largest absolute Gasteiger partial charge is 0.496 e. The van der Waals surface area contributed by atoms with E-state index in [2.05, 4.69) is 41.4 Å². The number of likely N-dealkylation sites (tertiary alicyclic amines) is 1. The van der Waals surface area contributed by atoms with E-state index in [-0.39, 0.29) is 11.9 Å². The summed E-state index contributed by atoms with van der Waals surface area (Å²) in [6.07, 6.45) is 2.79. The quantitative estimate of drug-likeness (QED) is 0.831. The van der Waals surface area contributed by atoms with Crippen molar-refractivity contribution in [3.05, 3.63) is 65.2 Å². The number of benzene rings is 2. The van der Waals surface area contributed by atoms with Crippen LogP contribution in [0.25, 0.3) is 0 Å². The van der Waals surface area contributed by atoms with Gasteiger partial charge < -0.3 is 10.1 Å². The minimum absolute atomic E-state index is 0.0202. The molecule has 0 saturated carbocycles. The second kappa shape index (κ2) is 8.86. The lowest BCUT2D eigenvalue weighted by molar-refractivity contribution is -0.125. The Kier molecular flexibility index (Phi) is 6.29. The molecule has 1 atom stereocenters. The number of nitrogens with one attached hydrogen (secondary N) is 1. The van der Waals surface area contributed by atoms with E-state index in [0.717, 1.165) is 43.7 Å². The van der Waals surface area contributed by atoms with Gasteiger partial charge in [0, 0.05) is 13.1 Å². The number of nitrogens with zero attached hydrogens (tertiary/aromatic N) is 1. The summed E-state index contributed by atoms with van der Waals surface area (Å²) < 4.78 is 5.37. The molecule has 1 saturated heterocycles. The van der Waals surface area contributed by atoms with Gasteiger partial charge in [-0.3, -0.25) is 9.69 Å². The zero-order valence-corrected chi connectivity index (χ0v) is 15.7. The molecule has 1 aliphatic heterocycles. The van der Waals surface area contributed by atoms with Gasteiger partial charge in [0.25, 0.3) is 0 Å².